The number of rotatable bonds is 4. The number of aliphatic hydroxyl groups is 1. The van der Waals surface area contributed by atoms with E-state index in [1.54, 1.807) is 0 Å². The fourth-order valence-electron chi connectivity index (χ4n) is 2.43. The SMILES string of the molecule is Cc1cc(C)c(C#N)c(N(CCO)C2CCC2)n1. The first kappa shape index (κ1) is 12.8. The predicted molar refractivity (Wildman–Crippen MR) is 70.5 cm³/mol. The Morgan fingerprint density at radius 1 is 1.50 bits per heavy atom. The van der Waals surface area contributed by atoms with E-state index in [0.717, 1.165) is 29.9 Å². The molecule has 1 aromatic heterocycles. The van der Waals surface area contributed by atoms with Crippen LogP contribution in [0.15, 0.2) is 6.07 Å². The Kier molecular flexibility index (Phi) is 3.83. The normalized spacial score (nSPS) is 15.0. The molecule has 0 aromatic carbocycles. The second kappa shape index (κ2) is 5.36. The van der Waals surface area contributed by atoms with Gasteiger partial charge in [-0.3, -0.25) is 0 Å². The van der Waals surface area contributed by atoms with E-state index >= 15 is 0 Å². The molecule has 1 aliphatic carbocycles. The Hall–Kier alpha value is -1.60. The first-order chi connectivity index (χ1) is 8.67. The predicted octanol–water partition coefficient (Wildman–Crippen LogP) is 1.92. The summed E-state index contributed by atoms with van der Waals surface area (Å²) >= 11 is 0. The molecule has 4 heteroatoms. The third-order valence-corrected chi connectivity index (χ3v) is 3.57. The maximum Gasteiger partial charge on any atom is 0.147 e. The molecule has 0 amide bonds. The molecule has 0 atom stereocenters. The Morgan fingerprint density at radius 3 is 2.72 bits per heavy atom. The van der Waals surface area contributed by atoms with Crippen LogP contribution in [-0.2, 0) is 0 Å². The van der Waals surface area contributed by atoms with Crippen LogP contribution in [0.4, 0.5) is 5.82 Å². The zero-order valence-electron chi connectivity index (χ0n) is 11.0. The first-order valence-corrected chi connectivity index (χ1v) is 6.43. The molecular weight excluding hydrogens is 226 g/mol. The van der Waals surface area contributed by atoms with Crippen LogP contribution in [-0.4, -0.2) is 29.3 Å². The van der Waals surface area contributed by atoms with Gasteiger partial charge in [-0.15, -0.1) is 0 Å². The lowest BCUT2D eigenvalue weighted by atomic mass is 9.91. The van der Waals surface area contributed by atoms with Crippen LogP contribution in [0.1, 0.15) is 36.1 Å². The Bertz CT molecular complexity index is 475. The first-order valence-electron chi connectivity index (χ1n) is 6.43. The minimum absolute atomic E-state index is 0.0933. The van der Waals surface area contributed by atoms with E-state index in [2.05, 4.69) is 16.0 Å². The lowest BCUT2D eigenvalue weighted by Gasteiger charge is -2.38. The van der Waals surface area contributed by atoms with Gasteiger partial charge in [0.25, 0.3) is 0 Å². The Morgan fingerprint density at radius 2 is 2.22 bits per heavy atom. The number of pyridine rings is 1. The number of aliphatic hydroxyl groups excluding tert-OH is 1. The van der Waals surface area contributed by atoms with E-state index in [9.17, 15) is 10.4 Å². The molecule has 1 fully saturated rings. The van der Waals surface area contributed by atoms with Crippen molar-refractivity contribution in [2.24, 2.45) is 0 Å². The van der Waals surface area contributed by atoms with Crippen LogP contribution in [0.2, 0.25) is 0 Å². The molecule has 96 valence electrons. The fraction of sp³-hybridized carbons (Fsp3) is 0.571. The molecule has 0 aliphatic heterocycles. The van der Waals surface area contributed by atoms with Crippen molar-refractivity contribution in [3.05, 3.63) is 22.9 Å². The Labute approximate surface area is 108 Å². The molecule has 18 heavy (non-hydrogen) atoms. The minimum atomic E-state index is 0.0933. The highest BCUT2D eigenvalue weighted by Crippen LogP contribution is 2.31. The van der Waals surface area contributed by atoms with Crippen LogP contribution < -0.4 is 4.90 Å². The number of hydrogen-bond donors (Lipinski definition) is 1. The standard InChI is InChI=1S/C14H19N3O/c1-10-8-11(2)16-14(13(10)9-15)17(6-7-18)12-4-3-5-12/h8,12,18H,3-7H2,1-2H3. The average Bonchev–Trinajstić information content (AvgIpc) is 2.25. The van der Waals surface area contributed by atoms with Gasteiger partial charge in [-0.2, -0.15) is 5.26 Å². The molecule has 2 rings (SSSR count). The van der Waals surface area contributed by atoms with Crippen molar-refractivity contribution in [2.45, 2.75) is 39.2 Å². The monoisotopic (exact) mass is 245 g/mol. The number of hydrogen-bond acceptors (Lipinski definition) is 4. The molecule has 0 unspecified atom stereocenters. The molecule has 0 bridgehead atoms. The molecule has 1 saturated carbocycles. The summed E-state index contributed by atoms with van der Waals surface area (Å²) in [6.45, 7) is 4.52. The second-order valence-electron chi connectivity index (χ2n) is 4.89. The van der Waals surface area contributed by atoms with E-state index in [1.807, 2.05) is 19.9 Å². The molecule has 1 aliphatic rings. The lowest BCUT2D eigenvalue weighted by molar-refractivity contribution is 0.283. The van der Waals surface area contributed by atoms with Crippen molar-refractivity contribution < 1.29 is 5.11 Å². The smallest absolute Gasteiger partial charge is 0.147 e. The van der Waals surface area contributed by atoms with Crippen molar-refractivity contribution in [1.82, 2.24) is 4.98 Å². The third kappa shape index (κ3) is 2.32. The largest absolute Gasteiger partial charge is 0.395 e. The molecular formula is C14H19N3O. The molecule has 0 saturated heterocycles. The van der Waals surface area contributed by atoms with Crippen LogP contribution in [0, 0.1) is 25.2 Å². The maximum atomic E-state index is 9.30. The quantitative estimate of drug-likeness (QED) is 0.880. The molecule has 0 spiro atoms. The van der Waals surface area contributed by atoms with Gasteiger partial charge in [0, 0.05) is 18.3 Å². The summed E-state index contributed by atoms with van der Waals surface area (Å²) in [6.07, 6.45) is 3.47. The zero-order chi connectivity index (χ0) is 13.1. The summed E-state index contributed by atoms with van der Waals surface area (Å²) in [7, 11) is 0. The van der Waals surface area contributed by atoms with Crippen LogP contribution >= 0.6 is 0 Å². The second-order valence-corrected chi connectivity index (χ2v) is 4.89. The maximum absolute atomic E-state index is 9.30. The third-order valence-electron chi connectivity index (χ3n) is 3.57. The van der Waals surface area contributed by atoms with Gasteiger partial charge in [-0.25, -0.2) is 4.98 Å². The Balaban J connectivity index is 2.42. The molecule has 1 N–H and O–H groups in total. The summed E-state index contributed by atoms with van der Waals surface area (Å²) in [6, 6.07) is 4.61. The van der Waals surface area contributed by atoms with Crippen LogP contribution in [0.25, 0.3) is 0 Å². The highest BCUT2D eigenvalue weighted by Gasteiger charge is 2.27. The van der Waals surface area contributed by atoms with Gasteiger partial charge in [-0.05, 0) is 44.7 Å². The summed E-state index contributed by atoms with van der Waals surface area (Å²) in [5.41, 5.74) is 2.52. The van der Waals surface area contributed by atoms with E-state index in [1.165, 1.54) is 6.42 Å². The van der Waals surface area contributed by atoms with Crippen LogP contribution in [0.5, 0.6) is 0 Å². The van der Waals surface area contributed by atoms with E-state index in [-0.39, 0.29) is 6.61 Å². The van der Waals surface area contributed by atoms with Crippen molar-refractivity contribution in [3.63, 3.8) is 0 Å². The van der Waals surface area contributed by atoms with Gasteiger partial charge in [0.1, 0.15) is 11.9 Å². The van der Waals surface area contributed by atoms with E-state index in [0.29, 0.717) is 18.2 Å². The number of nitriles is 1. The number of aryl methyl sites for hydroxylation is 2. The number of anilines is 1. The topological polar surface area (TPSA) is 60.2 Å². The summed E-state index contributed by atoms with van der Waals surface area (Å²) in [4.78, 5) is 6.62. The average molecular weight is 245 g/mol. The number of nitrogens with zero attached hydrogens (tertiary/aromatic N) is 3. The van der Waals surface area contributed by atoms with Gasteiger partial charge in [0.05, 0.1) is 12.2 Å². The van der Waals surface area contributed by atoms with Crippen molar-refractivity contribution in [1.29, 1.82) is 5.26 Å². The summed E-state index contributed by atoms with van der Waals surface area (Å²) in [5.74, 6) is 0.744. The number of aromatic nitrogens is 1. The van der Waals surface area contributed by atoms with Gasteiger partial charge in [0.15, 0.2) is 0 Å². The molecule has 1 heterocycles. The highest BCUT2D eigenvalue weighted by atomic mass is 16.3. The summed E-state index contributed by atoms with van der Waals surface area (Å²) < 4.78 is 0. The van der Waals surface area contributed by atoms with Gasteiger partial charge >= 0.3 is 0 Å². The van der Waals surface area contributed by atoms with Gasteiger partial charge in [0.2, 0.25) is 0 Å². The lowest BCUT2D eigenvalue weighted by Crippen LogP contribution is -2.43. The van der Waals surface area contributed by atoms with E-state index in [4.69, 9.17) is 0 Å². The zero-order valence-corrected chi connectivity index (χ0v) is 11.0. The van der Waals surface area contributed by atoms with Crippen molar-refractivity contribution >= 4 is 5.82 Å². The fourth-order valence-corrected chi connectivity index (χ4v) is 2.43. The summed E-state index contributed by atoms with van der Waals surface area (Å²) in [5, 5.41) is 18.5. The van der Waals surface area contributed by atoms with Crippen molar-refractivity contribution in [2.75, 3.05) is 18.1 Å². The van der Waals surface area contributed by atoms with Crippen molar-refractivity contribution in [3.8, 4) is 6.07 Å². The van der Waals surface area contributed by atoms with Crippen LogP contribution in [0.3, 0.4) is 0 Å². The molecule has 4 nitrogen and oxygen atoms in total. The minimum Gasteiger partial charge on any atom is -0.395 e. The van der Waals surface area contributed by atoms with E-state index < -0.39 is 0 Å². The van der Waals surface area contributed by atoms with Gasteiger partial charge < -0.3 is 10.0 Å². The van der Waals surface area contributed by atoms with Gasteiger partial charge in [-0.1, -0.05) is 0 Å². The molecule has 1 aromatic rings. The highest BCUT2D eigenvalue weighted by molar-refractivity contribution is 5.59. The molecule has 0 radical (unpaired) electrons.